The number of fused-ring (bicyclic) bond motifs is 1. The van der Waals surface area contributed by atoms with Crippen molar-refractivity contribution in [2.24, 2.45) is 0 Å². The second-order valence-corrected chi connectivity index (χ2v) is 5.10. The van der Waals surface area contributed by atoms with E-state index in [2.05, 4.69) is 5.32 Å². The summed E-state index contributed by atoms with van der Waals surface area (Å²) in [4.78, 5) is 25.5. The molecule has 0 saturated carbocycles. The Kier molecular flexibility index (Phi) is 4.18. The van der Waals surface area contributed by atoms with Gasteiger partial charge in [0.25, 0.3) is 0 Å². The maximum Gasteiger partial charge on any atom is 0.249 e. The topological polar surface area (TPSA) is 75.4 Å². The standard InChI is InChI=1S/C14H17N3O2.ClH/c15-10-4-1-5-12-9(10)3-2-8-17(12)14(19)11-6-7-13(18)16-11;/h1,4-5,11H,2-3,6-8,15H2,(H,16,18);1H/t11-;/m1./s1. The lowest BCUT2D eigenvalue weighted by atomic mass is 9.99. The van der Waals surface area contributed by atoms with Gasteiger partial charge in [-0.25, -0.2) is 0 Å². The molecule has 0 bridgehead atoms. The van der Waals surface area contributed by atoms with E-state index in [0.717, 1.165) is 29.8 Å². The third kappa shape index (κ3) is 2.45. The number of carbonyl (C=O) groups excluding carboxylic acids is 2. The number of rotatable bonds is 1. The number of halogens is 1. The number of carbonyl (C=O) groups is 2. The Morgan fingerprint density at radius 2 is 2.15 bits per heavy atom. The van der Waals surface area contributed by atoms with Crippen LogP contribution in [-0.2, 0) is 16.0 Å². The van der Waals surface area contributed by atoms with Crippen molar-refractivity contribution < 1.29 is 9.59 Å². The highest BCUT2D eigenvalue weighted by atomic mass is 35.5. The van der Waals surface area contributed by atoms with Gasteiger partial charge in [-0.2, -0.15) is 0 Å². The van der Waals surface area contributed by atoms with Crippen LogP contribution >= 0.6 is 12.4 Å². The zero-order chi connectivity index (χ0) is 13.4. The molecule has 0 radical (unpaired) electrons. The molecule has 5 nitrogen and oxygen atoms in total. The van der Waals surface area contributed by atoms with Crippen molar-refractivity contribution in [1.29, 1.82) is 0 Å². The van der Waals surface area contributed by atoms with E-state index >= 15 is 0 Å². The van der Waals surface area contributed by atoms with Crippen molar-refractivity contribution in [3.05, 3.63) is 23.8 Å². The molecule has 2 aliphatic rings. The van der Waals surface area contributed by atoms with Crippen LogP contribution in [0.1, 0.15) is 24.8 Å². The lowest BCUT2D eigenvalue weighted by Gasteiger charge is -2.32. The molecule has 6 heteroatoms. The summed E-state index contributed by atoms with van der Waals surface area (Å²) in [6, 6.07) is 5.29. The average molecular weight is 296 g/mol. The molecule has 2 amide bonds. The fraction of sp³-hybridized carbons (Fsp3) is 0.429. The largest absolute Gasteiger partial charge is 0.398 e. The van der Waals surface area contributed by atoms with Gasteiger partial charge in [-0.3, -0.25) is 9.59 Å². The molecule has 1 fully saturated rings. The molecule has 3 rings (SSSR count). The number of nitrogens with two attached hydrogens (primary N) is 1. The number of amides is 2. The Balaban J connectivity index is 0.00000147. The Morgan fingerprint density at radius 1 is 1.35 bits per heavy atom. The molecule has 0 spiro atoms. The zero-order valence-corrected chi connectivity index (χ0v) is 11.9. The smallest absolute Gasteiger partial charge is 0.249 e. The number of nitrogen functional groups attached to an aromatic ring is 1. The quantitative estimate of drug-likeness (QED) is 0.766. The molecule has 1 atom stereocenters. The number of hydrogen-bond acceptors (Lipinski definition) is 3. The predicted octanol–water partition coefficient (Wildman–Crippen LogP) is 1.25. The molecule has 0 unspecified atom stereocenters. The van der Waals surface area contributed by atoms with Crippen LogP contribution in [0.25, 0.3) is 0 Å². The van der Waals surface area contributed by atoms with Gasteiger partial charge in [0, 0.05) is 24.3 Å². The summed E-state index contributed by atoms with van der Waals surface area (Å²) in [5.74, 6) is -0.0550. The summed E-state index contributed by atoms with van der Waals surface area (Å²) in [5, 5.41) is 2.73. The van der Waals surface area contributed by atoms with Gasteiger partial charge in [0.15, 0.2) is 0 Å². The number of anilines is 2. The van der Waals surface area contributed by atoms with Gasteiger partial charge in [0.1, 0.15) is 6.04 Å². The van der Waals surface area contributed by atoms with Crippen molar-refractivity contribution in [2.45, 2.75) is 31.7 Å². The maximum absolute atomic E-state index is 12.5. The number of benzene rings is 1. The number of nitrogens with zero attached hydrogens (tertiary/aromatic N) is 1. The summed E-state index contributed by atoms with van der Waals surface area (Å²) >= 11 is 0. The van der Waals surface area contributed by atoms with Crippen molar-refractivity contribution >= 4 is 35.6 Å². The van der Waals surface area contributed by atoms with Gasteiger partial charge >= 0.3 is 0 Å². The Bertz CT molecular complexity index is 547. The highest BCUT2D eigenvalue weighted by Gasteiger charge is 2.33. The SMILES string of the molecule is Cl.Nc1cccc2c1CCCN2C(=O)[C@H]1CCC(=O)N1. The van der Waals surface area contributed by atoms with Gasteiger partial charge in [0.2, 0.25) is 11.8 Å². The molecule has 108 valence electrons. The second-order valence-electron chi connectivity index (χ2n) is 5.10. The van der Waals surface area contributed by atoms with Crippen LogP contribution in [0.5, 0.6) is 0 Å². The minimum Gasteiger partial charge on any atom is -0.398 e. The van der Waals surface area contributed by atoms with Crippen LogP contribution in [0, 0.1) is 0 Å². The summed E-state index contributed by atoms with van der Waals surface area (Å²) < 4.78 is 0. The van der Waals surface area contributed by atoms with Crippen molar-refractivity contribution in [3.8, 4) is 0 Å². The molecule has 2 aliphatic heterocycles. The molecule has 3 N–H and O–H groups in total. The van der Waals surface area contributed by atoms with E-state index in [4.69, 9.17) is 5.73 Å². The molecular weight excluding hydrogens is 278 g/mol. The molecule has 1 aromatic rings. The Morgan fingerprint density at radius 3 is 2.85 bits per heavy atom. The van der Waals surface area contributed by atoms with E-state index < -0.39 is 0 Å². The average Bonchev–Trinajstić information content (AvgIpc) is 2.85. The van der Waals surface area contributed by atoms with Gasteiger partial charge in [0.05, 0.1) is 0 Å². The van der Waals surface area contributed by atoms with E-state index in [1.165, 1.54) is 0 Å². The van der Waals surface area contributed by atoms with Gasteiger partial charge < -0.3 is 16.0 Å². The first-order valence-electron chi connectivity index (χ1n) is 6.65. The van der Waals surface area contributed by atoms with E-state index in [9.17, 15) is 9.59 Å². The normalized spacial score (nSPS) is 20.9. The predicted molar refractivity (Wildman–Crippen MR) is 79.9 cm³/mol. The highest BCUT2D eigenvalue weighted by Crippen LogP contribution is 2.32. The minimum atomic E-state index is -0.375. The molecule has 1 saturated heterocycles. The van der Waals surface area contributed by atoms with E-state index in [-0.39, 0.29) is 30.3 Å². The molecular formula is C14H18ClN3O2. The Labute approximate surface area is 123 Å². The van der Waals surface area contributed by atoms with Crippen LogP contribution in [0.4, 0.5) is 11.4 Å². The molecule has 0 aliphatic carbocycles. The van der Waals surface area contributed by atoms with Crippen LogP contribution in [0.15, 0.2) is 18.2 Å². The second kappa shape index (κ2) is 5.71. The number of nitrogens with one attached hydrogen (secondary N) is 1. The van der Waals surface area contributed by atoms with E-state index in [0.29, 0.717) is 19.4 Å². The fourth-order valence-electron chi connectivity index (χ4n) is 2.87. The first kappa shape index (κ1) is 14.7. The van der Waals surface area contributed by atoms with Crippen LogP contribution in [0.2, 0.25) is 0 Å². The molecule has 1 aromatic carbocycles. The minimum absolute atomic E-state index is 0. The van der Waals surface area contributed by atoms with E-state index in [1.54, 1.807) is 4.90 Å². The van der Waals surface area contributed by atoms with Crippen LogP contribution in [0.3, 0.4) is 0 Å². The summed E-state index contributed by atoms with van der Waals surface area (Å²) in [6.45, 7) is 0.696. The summed E-state index contributed by atoms with van der Waals surface area (Å²) in [7, 11) is 0. The monoisotopic (exact) mass is 295 g/mol. The first-order valence-corrected chi connectivity index (χ1v) is 6.65. The molecule has 20 heavy (non-hydrogen) atoms. The van der Waals surface area contributed by atoms with Crippen molar-refractivity contribution in [2.75, 3.05) is 17.2 Å². The fourth-order valence-corrected chi connectivity index (χ4v) is 2.87. The lowest BCUT2D eigenvalue weighted by Crippen LogP contribution is -2.46. The van der Waals surface area contributed by atoms with Gasteiger partial charge in [-0.1, -0.05) is 6.07 Å². The maximum atomic E-state index is 12.5. The van der Waals surface area contributed by atoms with E-state index in [1.807, 2.05) is 18.2 Å². The Hall–Kier alpha value is -1.75. The van der Waals surface area contributed by atoms with Crippen molar-refractivity contribution in [1.82, 2.24) is 5.32 Å². The van der Waals surface area contributed by atoms with Gasteiger partial charge in [-0.05, 0) is 37.0 Å². The summed E-state index contributed by atoms with van der Waals surface area (Å²) in [5.41, 5.74) is 8.66. The highest BCUT2D eigenvalue weighted by molar-refractivity contribution is 6.02. The molecule has 0 aromatic heterocycles. The third-order valence-corrected chi connectivity index (χ3v) is 3.85. The van der Waals surface area contributed by atoms with Crippen LogP contribution in [-0.4, -0.2) is 24.4 Å². The van der Waals surface area contributed by atoms with Crippen LogP contribution < -0.4 is 16.0 Å². The first-order chi connectivity index (χ1) is 9.16. The summed E-state index contributed by atoms with van der Waals surface area (Å²) in [6.07, 6.45) is 2.84. The number of hydrogen-bond donors (Lipinski definition) is 2. The lowest BCUT2D eigenvalue weighted by molar-refractivity contribution is -0.124. The third-order valence-electron chi connectivity index (χ3n) is 3.85. The van der Waals surface area contributed by atoms with Crippen molar-refractivity contribution in [3.63, 3.8) is 0 Å². The molecule has 2 heterocycles. The van der Waals surface area contributed by atoms with Gasteiger partial charge in [-0.15, -0.1) is 12.4 Å². The zero-order valence-electron chi connectivity index (χ0n) is 11.1.